The zero-order valence-electron chi connectivity index (χ0n) is 14.1. The van der Waals surface area contributed by atoms with Gasteiger partial charge in [-0.3, -0.25) is 0 Å². The molecule has 2 aliphatic heterocycles. The Balaban J connectivity index is 1.57. The Kier molecular flexibility index (Phi) is 6.03. The molecule has 1 aromatic rings. The molecule has 2 saturated heterocycles. The number of nitrogens with one attached hydrogen (secondary N) is 2. The van der Waals surface area contributed by atoms with Crippen LogP contribution >= 0.6 is 0 Å². The highest BCUT2D eigenvalue weighted by Gasteiger charge is 2.31. The normalized spacial score (nSPS) is 23.6. The summed E-state index contributed by atoms with van der Waals surface area (Å²) in [5.74, 6) is 1.26. The van der Waals surface area contributed by atoms with E-state index in [-0.39, 0.29) is 24.1 Å². The summed E-state index contributed by atoms with van der Waals surface area (Å²) in [7, 11) is 0. The second kappa shape index (κ2) is 8.43. The van der Waals surface area contributed by atoms with Gasteiger partial charge in [0.25, 0.3) is 0 Å². The van der Waals surface area contributed by atoms with Gasteiger partial charge in [0.05, 0.1) is 6.10 Å². The maximum absolute atomic E-state index is 12.3. The van der Waals surface area contributed by atoms with Crippen molar-refractivity contribution in [2.75, 3.05) is 26.4 Å². The lowest BCUT2D eigenvalue weighted by Gasteiger charge is -2.29. The Hall–Kier alpha value is -1.67. The van der Waals surface area contributed by atoms with Gasteiger partial charge in [0.2, 0.25) is 5.89 Å². The molecule has 0 bridgehead atoms. The van der Waals surface area contributed by atoms with E-state index in [9.17, 15) is 4.79 Å². The zero-order valence-corrected chi connectivity index (χ0v) is 14.1. The molecule has 24 heavy (non-hydrogen) atoms. The third kappa shape index (κ3) is 4.67. The third-order valence-electron chi connectivity index (χ3n) is 4.60. The Morgan fingerprint density at radius 2 is 2.08 bits per heavy atom. The molecule has 0 saturated carbocycles. The van der Waals surface area contributed by atoms with Gasteiger partial charge in [-0.1, -0.05) is 5.16 Å². The molecule has 2 N–H and O–H groups in total. The number of nitrogens with zero attached hydrogens (tertiary/aromatic N) is 2. The molecule has 8 heteroatoms. The van der Waals surface area contributed by atoms with Crippen LogP contribution < -0.4 is 10.6 Å². The van der Waals surface area contributed by atoms with E-state index in [1.165, 1.54) is 0 Å². The Morgan fingerprint density at radius 1 is 1.25 bits per heavy atom. The summed E-state index contributed by atoms with van der Waals surface area (Å²) >= 11 is 0. The van der Waals surface area contributed by atoms with Gasteiger partial charge in [-0.15, -0.1) is 0 Å². The molecule has 0 spiro atoms. The molecule has 2 aliphatic rings. The number of aromatic nitrogens is 2. The number of amides is 2. The minimum atomic E-state index is -0.289. The van der Waals surface area contributed by atoms with E-state index in [1.54, 1.807) is 6.92 Å². The highest BCUT2D eigenvalue weighted by Crippen LogP contribution is 2.29. The summed E-state index contributed by atoms with van der Waals surface area (Å²) in [6, 6.07) is -0.515. The molecule has 8 nitrogen and oxygen atoms in total. The van der Waals surface area contributed by atoms with E-state index < -0.39 is 0 Å². The van der Waals surface area contributed by atoms with Crippen molar-refractivity contribution in [2.45, 2.75) is 51.2 Å². The van der Waals surface area contributed by atoms with Crippen LogP contribution in [0.15, 0.2) is 4.52 Å². The first kappa shape index (κ1) is 17.2. The highest BCUT2D eigenvalue weighted by atomic mass is 16.5. The molecule has 2 atom stereocenters. The number of carbonyl (C=O) groups is 1. The van der Waals surface area contributed by atoms with Crippen LogP contribution in [0.2, 0.25) is 0 Å². The summed E-state index contributed by atoms with van der Waals surface area (Å²) < 4.78 is 16.4. The first-order valence-corrected chi connectivity index (χ1v) is 8.76. The molecule has 3 heterocycles. The molecular formula is C16H26N4O4. The van der Waals surface area contributed by atoms with Crippen molar-refractivity contribution in [3.05, 3.63) is 11.7 Å². The van der Waals surface area contributed by atoms with Gasteiger partial charge in [-0.25, -0.2) is 4.79 Å². The summed E-state index contributed by atoms with van der Waals surface area (Å²) in [4.78, 5) is 16.6. The average Bonchev–Trinajstić information content (AvgIpc) is 3.05. The molecule has 3 rings (SSSR count). The second-order valence-corrected chi connectivity index (χ2v) is 6.45. The SMILES string of the molecule is Cc1noc(C(NC(=O)NCC2CCCCO2)C2CCOCC2)n1. The monoisotopic (exact) mass is 338 g/mol. The van der Waals surface area contributed by atoms with Crippen LogP contribution in [0.1, 0.15) is 49.9 Å². The fourth-order valence-electron chi connectivity index (χ4n) is 3.24. The summed E-state index contributed by atoms with van der Waals surface area (Å²) in [5, 5.41) is 9.75. The second-order valence-electron chi connectivity index (χ2n) is 6.45. The first-order valence-electron chi connectivity index (χ1n) is 8.76. The molecule has 2 unspecified atom stereocenters. The highest BCUT2D eigenvalue weighted by molar-refractivity contribution is 5.74. The van der Waals surface area contributed by atoms with Gasteiger partial charge in [-0.05, 0) is 44.9 Å². The molecule has 0 aliphatic carbocycles. The maximum atomic E-state index is 12.3. The number of rotatable bonds is 5. The smallest absolute Gasteiger partial charge is 0.315 e. The quantitative estimate of drug-likeness (QED) is 0.848. The van der Waals surface area contributed by atoms with Gasteiger partial charge in [0.1, 0.15) is 6.04 Å². The fourth-order valence-corrected chi connectivity index (χ4v) is 3.24. The Labute approximate surface area is 141 Å². The van der Waals surface area contributed by atoms with E-state index in [4.69, 9.17) is 14.0 Å². The van der Waals surface area contributed by atoms with E-state index in [0.717, 1.165) is 38.7 Å². The summed E-state index contributed by atoms with van der Waals surface area (Å²) in [5.41, 5.74) is 0. The molecule has 0 aromatic carbocycles. The molecular weight excluding hydrogens is 312 g/mol. The third-order valence-corrected chi connectivity index (χ3v) is 4.60. The standard InChI is InChI=1S/C16H26N4O4/c1-11-18-15(24-20-11)14(12-5-8-22-9-6-12)19-16(21)17-10-13-4-2-3-7-23-13/h12-14H,2-10H2,1H3,(H2,17,19,21). The van der Waals surface area contributed by atoms with Crippen LogP contribution in [0.5, 0.6) is 0 Å². The minimum absolute atomic E-state index is 0.108. The Bertz CT molecular complexity index is 524. The zero-order chi connectivity index (χ0) is 16.8. The first-order chi connectivity index (χ1) is 11.7. The van der Waals surface area contributed by atoms with Crippen molar-refractivity contribution in [1.82, 2.24) is 20.8 Å². The van der Waals surface area contributed by atoms with Crippen LogP contribution in [-0.4, -0.2) is 48.6 Å². The number of aryl methyl sites for hydroxylation is 1. The largest absolute Gasteiger partial charge is 0.381 e. The van der Waals surface area contributed by atoms with Crippen LogP contribution in [0, 0.1) is 12.8 Å². The van der Waals surface area contributed by atoms with Gasteiger partial charge in [-0.2, -0.15) is 4.98 Å². The molecule has 0 radical (unpaired) electrons. The van der Waals surface area contributed by atoms with Crippen LogP contribution in [0.25, 0.3) is 0 Å². The number of carbonyl (C=O) groups excluding carboxylic acids is 1. The maximum Gasteiger partial charge on any atom is 0.315 e. The minimum Gasteiger partial charge on any atom is -0.381 e. The van der Waals surface area contributed by atoms with Crippen molar-refractivity contribution in [3.63, 3.8) is 0 Å². The van der Waals surface area contributed by atoms with Crippen molar-refractivity contribution in [3.8, 4) is 0 Å². The fraction of sp³-hybridized carbons (Fsp3) is 0.812. The van der Waals surface area contributed by atoms with Crippen LogP contribution in [0.3, 0.4) is 0 Å². The number of ether oxygens (including phenoxy) is 2. The number of hydrogen-bond acceptors (Lipinski definition) is 6. The lowest BCUT2D eigenvalue weighted by molar-refractivity contribution is 0.0181. The topological polar surface area (TPSA) is 98.5 Å². The van der Waals surface area contributed by atoms with Crippen molar-refractivity contribution >= 4 is 6.03 Å². The Morgan fingerprint density at radius 3 is 2.75 bits per heavy atom. The predicted octanol–water partition coefficient (Wildman–Crippen LogP) is 1.71. The van der Waals surface area contributed by atoms with Crippen molar-refractivity contribution < 1.29 is 18.8 Å². The summed E-state index contributed by atoms with van der Waals surface area (Å²) in [6.07, 6.45) is 5.07. The number of urea groups is 1. The number of hydrogen-bond donors (Lipinski definition) is 2. The van der Waals surface area contributed by atoms with E-state index in [1.807, 2.05) is 0 Å². The van der Waals surface area contributed by atoms with Gasteiger partial charge in [0, 0.05) is 26.4 Å². The van der Waals surface area contributed by atoms with Gasteiger partial charge >= 0.3 is 6.03 Å². The van der Waals surface area contributed by atoms with Gasteiger partial charge in [0.15, 0.2) is 5.82 Å². The van der Waals surface area contributed by atoms with Crippen LogP contribution in [-0.2, 0) is 9.47 Å². The molecule has 2 fully saturated rings. The molecule has 1 aromatic heterocycles. The van der Waals surface area contributed by atoms with Gasteiger partial charge < -0.3 is 24.6 Å². The molecule has 2 amide bonds. The molecule has 134 valence electrons. The van der Waals surface area contributed by atoms with Crippen molar-refractivity contribution in [2.24, 2.45) is 5.92 Å². The van der Waals surface area contributed by atoms with Crippen LogP contribution in [0.4, 0.5) is 4.79 Å². The summed E-state index contributed by atoms with van der Waals surface area (Å²) in [6.45, 7) is 4.45. The lowest BCUT2D eigenvalue weighted by atomic mass is 9.91. The van der Waals surface area contributed by atoms with E-state index in [0.29, 0.717) is 31.5 Å². The van der Waals surface area contributed by atoms with Crippen molar-refractivity contribution in [1.29, 1.82) is 0 Å². The predicted molar refractivity (Wildman–Crippen MR) is 85.4 cm³/mol. The lowest BCUT2D eigenvalue weighted by Crippen LogP contribution is -2.45. The van der Waals surface area contributed by atoms with E-state index >= 15 is 0 Å². The van der Waals surface area contributed by atoms with E-state index in [2.05, 4.69) is 20.8 Å². The average molecular weight is 338 g/mol.